The van der Waals surface area contributed by atoms with Crippen molar-refractivity contribution in [3.8, 4) is 22.8 Å². The molecule has 3 aromatic rings. The molecule has 5 rings (SSSR count). The molecule has 4 heterocycles. The summed E-state index contributed by atoms with van der Waals surface area (Å²) in [6, 6.07) is 3.24. The molecule has 2 saturated heterocycles. The van der Waals surface area contributed by atoms with E-state index in [0.29, 0.717) is 65.2 Å². The third kappa shape index (κ3) is 5.77. The Morgan fingerprint density at radius 2 is 1.74 bits per heavy atom. The highest BCUT2D eigenvalue weighted by molar-refractivity contribution is 6.41. The molecule has 208 valence electrons. The number of nitrogens with zero attached hydrogens (tertiary/aromatic N) is 3. The summed E-state index contributed by atoms with van der Waals surface area (Å²) in [5, 5.41) is 17.9. The number of rotatable bonds is 9. The topological polar surface area (TPSA) is 120 Å². The molecular weight excluding hydrogens is 545 g/mol. The van der Waals surface area contributed by atoms with Crippen molar-refractivity contribution < 1.29 is 24.1 Å². The van der Waals surface area contributed by atoms with Crippen molar-refractivity contribution in [2.75, 3.05) is 46.0 Å². The van der Waals surface area contributed by atoms with Crippen molar-refractivity contribution in [1.82, 2.24) is 20.3 Å². The van der Waals surface area contributed by atoms with Gasteiger partial charge >= 0.3 is 0 Å². The molecule has 0 amide bonds. The molecule has 3 N–H and O–H groups in total. The van der Waals surface area contributed by atoms with E-state index in [1.54, 1.807) is 12.3 Å². The molecule has 0 radical (unpaired) electrons. The van der Waals surface area contributed by atoms with Gasteiger partial charge in [-0.15, -0.1) is 0 Å². The fraction of sp³-hybridized carbons (Fsp3) is 0.444. The molecule has 2 aromatic heterocycles. The Labute approximate surface area is 236 Å². The quantitative estimate of drug-likeness (QED) is 0.253. The second-order valence-corrected chi connectivity index (χ2v) is 10.2. The van der Waals surface area contributed by atoms with Gasteiger partial charge in [-0.2, -0.15) is 0 Å². The van der Waals surface area contributed by atoms with Crippen LogP contribution in [0.5, 0.6) is 11.5 Å². The molecule has 12 heteroatoms. The van der Waals surface area contributed by atoms with Crippen molar-refractivity contribution >= 4 is 40.1 Å². The third-order valence-electron chi connectivity index (χ3n) is 7.03. The van der Waals surface area contributed by atoms with Crippen molar-refractivity contribution in [1.29, 1.82) is 0 Å². The second kappa shape index (κ2) is 12.2. The number of hydrogen-bond donors (Lipinski definition) is 3. The summed E-state index contributed by atoms with van der Waals surface area (Å²) >= 11 is 13.5. The number of halogens is 2. The fourth-order valence-electron chi connectivity index (χ4n) is 4.94. The van der Waals surface area contributed by atoms with Crippen LogP contribution in [0, 0.1) is 0 Å². The van der Waals surface area contributed by atoms with Gasteiger partial charge in [-0.3, -0.25) is 10.3 Å². The molecule has 10 nitrogen and oxygen atoms in total. The second-order valence-electron chi connectivity index (χ2n) is 9.44. The average Bonchev–Trinajstić information content (AvgIpc) is 3.39. The molecular formula is C27H31Cl2N5O5. The van der Waals surface area contributed by atoms with Crippen molar-refractivity contribution in [3.63, 3.8) is 0 Å². The minimum absolute atomic E-state index is 0.126. The first-order valence-electron chi connectivity index (χ1n) is 12.7. The van der Waals surface area contributed by atoms with Crippen LogP contribution in [0.4, 0.5) is 5.95 Å². The van der Waals surface area contributed by atoms with E-state index in [0.717, 1.165) is 29.4 Å². The van der Waals surface area contributed by atoms with Crippen LogP contribution in [0.3, 0.4) is 0 Å². The Morgan fingerprint density at radius 1 is 1.05 bits per heavy atom. The number of aliphatic hydroxyl groups excluding tert-OH is 1. The summed E-state index contributed by atoms with van der Waals surface area (Å²) in [7, 11) is 3.07. The largest absolute Gasteiger partial charge is 0.495 e. The average molecular weight is 576 g/mol. The van der Waals surface area contributed by atoms with E-state index in [1.807, 2.05) is 6.07 Å². The number of benzene rings is 1. The smallest absolute Gasteiger partial charge is 0.223 e. The monoisotopic (exact) mass is 575 g/mol. The van der Waals surface area contributed by atoms with Gasteiger partial charge < -0.3 is 29.4 Å². The number of anilines is 1. The summed E-state index contributed by atoms with van der Waals surface area (Å²) in [4.78, 5) is 14.5. The molecule has 0 bridgehead atoms. The lowest BCUT2D eigenvalue weighted by Crippen LogP contribution is -2.47. The van der Waals surface area contributed by atoms with Gasteiger partial charge in [0, 0.05) is 42.3 Å². The van der Waals surface area contributed by atoms with Crippen LogP contribution >= 0.6 is 23.2 Å². The van der Waals surface area contributed by atoms with Crippen molar-refractivity contribution in [2.24, 2.45) is 0 Å². The van der Waals surface area contributed by atoms with Crippen LogP contribution in [-0.4, -0.2) is 79.0 Å². The zero-order valence-corrected chi connectivity index (χ0v) is 23.3. The minimum atomic E-state index is -0.838. The van der Waals surface area contributed by atoms with Gasteiger partial charge in [-0.25, -0.2) is 9.97 Å². The molecule has 2 aliphatic rings. The first-order chi connectivity index (χ1) is 18.9. The zero-order chi connectivity index (χ0) is 27.5. The number of ether oxygens (including phenoxy) is 4. The predicted octanol–water partition coefficient (Wildman–Crippen LogP) is 4.18. The van der Waals surface area contributed by atoms with Gasteiger partial charge in [-0.05, 0) is 25.0 Å². The van der Waals surface area contributed by atoms with Crippen molar-refractivity contribution in [3.05, 3.63) is 46.7 Å². The Morgan fingerprint density at radius 3 is 2.41 bits per heavy atom. The molecule has 3 atom stereocenters. The van der Waals surface area contributed by atoms with Crippen LogP contribution in [0.15, 0.2) is 31.0 Å². The number of aromatic nitrogens is 3. The molecule has 1 unspecified atom stereocenters. The summed E-state index contributed by atoms with van der Waals surface area (Å²) in [5.74, 6) is 1.43. The Bertz CT molecular complexity index is 1330. The van der Waals surface area contributed by atoms with Crippen LogP contribution in [0.1, 0.15) is 24.5 Å². The summed E-state index contributed by atoms with van der Waals surface area (Å²) in [5.41, 5.74) is 2.65. The van der Waals surface area contributed by atoms with E-state index in [9.17, 15) is 5.11 Å². The number of fused-ring (bicyclic) bond motifs is 1. The van der Waals surface area contributed by atoms with E-state index >= 15 is 0 Å². The predicted molar refractivity (Wildman–Crippen MR) is 150 cm³/mol. The fourth-order valence-corrected chi connectivity index (χ4v) is 5.64. The van der Waals surface area contributed by atoms with Crippen molar-refractivity contribution in [2.45, 2.75) is 37.1 Å². The van der Waals surface area contributed by atoms with Crippen LogP contribution < -0.4 is 20.1 Å². The molecule has 0 aliphatic carbocycles. The number of methoxy groups -OCH3 is 2. The van der Waals surface area contributed by atoms with Gasteiger partial charge in [0.1, 0.15) is 17.7 Å². The van der Waals surface area contributed by atoms with E-state index in [4.69, 9.17) is 52.1 Å². The van der Waals surface area contributed by atoms with Gasteiger partial charge in [0.05, 0.1) is 66.5 Å². The maximum absolute atomic E-state index is 9.95. The highest BCUT2D eigenvalue weighted by Gasteiger charge is 2.30. The summed E-state index contributed by atoms with van der Waals surface area (Å²) < 4.78 is 22.2. The van der Waals surface area contributed by atoms with E-state index in [1.165, 1.54) is 20.3 Å². The summed E-state index contributed by atoms with van der Waals surface area (Å²) in [6.07, 6.45) is 3.97. The van der Waals surface area contributed by atoms with Crippen LogP contribution in [0.2, 0.25) is 10.0 Å². The van der Waals surface area contributed by atoms with Gasteiger partial charge in [0.15, 0.2) is 0 Å². The van der Waals surface area contributed by atoms with E-state index in [2.05, 4.69) is 22.2 Å². The number of pyridine rings is 1. The van der Waals surface area contributed by atoms with Gasteiger partial charge in [0.25, 0.3) is 0 Å². The standard InChI is InChI=1S/C27H31Cl2N5O5/c1-4-21(35)31-17-12-39-13-18(17)33-27-30-11-15-9-16(22-23(28)19(36-2)10-20(37-3)24(22)29)32-25(26(15)34-27)14-5-7-38-8-6-14/h4,9-11,14,17-18,21,31,35H,1,5-8,12-13H2,2-3H3,(H,30,33,34)/t17-,18+,21?/m0/s1. The highest BCUT2D eigenvalue weighted by Crippen LogP contribution is 2.46. The normalized spacial score (nSPS) is 20.6. The molecule has 0 saturated carbocycles. The summed E-state index contributed by atoms with van der Waals surface area (Å²) in [6.45, 7) is 5.78. The lowest BCUT2D eigenvalue weighted by Gasteiger charge is -2.24. The third-order valence-corrected chi connectivity index (χ3v) is 7.78. The van der Waals surface area contributed by atoms with Crippen LogP contribution in [-0.2, 0) is 9.47 Å². The maximum Gasteiger partial charge on any atom is 0.223 e. The number of nitrogens with one attached hydrogen (secondary N) is 2. The first kappa shape index (κ1) is 27.8. The molecule has 2 aliphatic heterocycles. The Balaban J connectivity index is 1.58. The van der Waals surface area contributed by atoms with E-state index in [-0.39, 0.29) is 18.0 Å². The minimum Gasteiger partial charge on any atom is -0.495 e. The molecule has 0 spiro atoms. The first-order valence-corrected chi connectivity index (χ1v) is 13.5. The highest BCUT2D eigenvalue weighted by atomic mass is 35.5. The Kier molecular flexibility index (Phi) is 8.70. The number of aliphatic hydroxyl groups is 1. The van der Waals surface area contributed by atoms with Gasteiger partial charge in [0.2, 0.25) is 5.95 Å². The van der Waals surface area contributed by atoms with Crippen LogP contribution in [0.25, 0.3) is 22.2 Å². The maximum atomic E-state index is 9.95. The molecule has 2 fully saturated rings. The lowest BCUT2D eigenvalue weighted by molar-refractivity contribution is 0.0848. The van der Waals surface area contributed by atoms with E-state index < -0.39 is 6.23 Å². The zero-order valence-electron chi connectivity index (χ0n) is 21.7. The molecule has 1 aromatic carbocycles. The Hall–Kier alpha value is -2.73. The SMILES string of the molecule is C=CC(O)N[C@H]1COC[C@H]1Nc1ncc2cc(-c3c(Cl)c(OC)cc(OC)c3Cl)nc(C3CCOCC3)c2n1. The van der Waals surface area contributed by atoms with Gasteiger partial charge in [-0.1, -0.05) is 29.8 Å². The lowest BCUT2D eigenvalue weighted by atomic mass is 9.93. The number of hydrogen-bond acceptors (Lipinski definition) is 10. The molecule has 39 heavy (non-hydrogen) atoms.